The van der Waals surface area contributed by atoms with E-state index in [-0.39, 0.29) is 31.4 Å². The van der Waals surface area contributed by atoms with Gasteiger partial charge in [-0.2, -0.15) is 8.78 Å². The molecule has 2 aliphatic rings. The van der Waals surface area contributed by atoms with Crippen LogP contribution in [0.2, 0.25) is 0 Å². The smallest absolute Gasteiger partial charge is 0.400 e. The van der Waals surface area contributed by atoms with E-state index in [1.807, 2.05) is 6.07 Å². The molecule has 3 aromatic rings. The fourth-order valence-electron chi connectivity index (χ4n) is 6.86. The second kappa shape index (κ2) is 15.1. The van der Waals surface area contributed by atoms with Crippen molar-refractivity contribution in [1.82, 2.24) is 0 Å². The van der Waals surface area contributed by atoms with Crippen molar-refractivity contribution in [1.29, 1.82) is 0 Å². The number of benzene rings is 3. The third kappa shape index (κ3) is 8.63. The average molecular weight is 633 g/mol. The third-order valence-electron chi connectivity index (χ3n) is 9.67. The quantitative estimate of drug-likeness (QED) is 0.112. The van der Waals surface area contributed by atoms with Gasteiger partial charge in [-0.15, -0.1) is 0 Å². The lowest BCUT2D eigenvalue weighted by Crippen LogP contribution is -2.38. The minimum Gasteiger partial charge on any atom is -0.432 e. The minimum atomic E-state index is -3.70. The average Bonchev–Trinajstić information content (AvgIpc) is 3.03. The molecular formula is C37H42F6O2. The number of rotatable bonds is 12. The molecule has 0 radical (unpaired) electrons. The molecule has 0 heterocycles. The van der Waals surface area contributed by atoms with Gasteiger partial charge in [-0.25, -0.2) is 17.6 Å². The van der Waals surface area contributed by atoms with Crippen LogP contribution in [0, 0.1) is 35.1 Å². The van der Waals surface area contributed by atoms with Crippen molar-refractivity contribution in [2.24, 2.45) is 11.8 Å². The van der Waals surface area contributed by atoms with Crippen molar-refractivity contribution in [3.05, 3.63) is 89.0 Å². The van der Waals surface area contributed by atoms with Gasteiger partial charge < -0.3 is 9.47 Å². The van der Waals surface area contributed by atoms with Gasteiger partial charge in [0.15, 0.2) is 17.5 Å². The van der Waals surface area contributed by atoms with Crippen molar-refractivity contribution >= 4 is 0 Å². The summed E-state index contributed by atoms with van der Waals surface area (Å²) in [7, 11) is 0. The fourth-order valence-corrected chi connectivity index (χ4v) is 6.86. The molecule has 0 bridgehead atoms. The lowest BCUT2D eigenvalue weighted by molar-refractivity contribution is -0.226. The summed E-state index contributed by atoms with van der Waals surface area (Å²) in [6.07, 6.45) is 7.00. The van der Waals surface area contributed by atoms with E-state index in [2.05, 4.69) is 35.9 Å². The fraction of sp³-hybridized carbons (Fsp3) is 0.514. The van der Waals surface area contributed by atoms with Gasteiger partial charge in [0, 0.05) is 17.7 Å². The van der Waals surface area contributed by atoms with Gasteiger partial charge in [0.25, 0.3) is 0 Å². The SMILES string of the molecule is CCCCCC1CCC(c2ccc(-c3ccc(COC4CCC(C(F)(F)Oc5cc(F)c(F)c(F)c5)CC4)c(F)c3)cc2)CC1. The molecular weight excluding hydrogens is 590 g/mol. The summed E-state index contributed by atoms with van der Waals surface area (Å²) in [5, 5.41) is 0. The first-order valence-corrected chi connectivity index (χ1v) is 16.3. The van der Waals surface area contributed by atoms with Crippen LogP contribution >= 0.6 is 0 Å². The second-order valence-electron chi connectivity index (χ2n) is 12.8. The van der Waals surface area contributed by atoms with Gasteiger partial charge in [0.2, 0.25) is 0 Å². The molecule has 0 saturated heterocycles. The zero-order chi connectivity index (χ0) is 32.0. The standard InChI is InChI=1S/C37H42F6O2/c1-2-3-4-5-24-6-8-25(9-7-24)26-10-12-27(13-11-26)28-14-15-29(33(38)20-28)23-44-31-18-16-30(17-19-31)37(42,43)45-32-21-34(39)36(41)35(40)22-32/h10-15,20-22,24-25,30-31H,2-9,16-19,23H2,1H3. The van der Waals surface area contributed by atoms with Gasteiger partial charge in [-0.1, -0.05) is 69.0 Å². The summed E-state index contributed by atoms with van der Waals surface area (Å²) in [5.41, 5.74) is 3.48. The van der Waals surface area contributed by atoms with Crippen LogP contribution < -0.4 is 4.74 Å². The summed E-state index contributed by atoms with van der Waals surface area (Å²) in [6, 6.07) is 14.4. The molecule has 2 nitrogen and oxygen atoms in total. The Labute approximate surface area is 262 Å². The lowest BCUT2D eigenvalue weighted by Gasteiger charge is -2.33. The zero-order valence-corrected chi connectivity index (χ0v) is 25.8. The van der Waals surface area contributed by atoms with E-state index in [1.54, 1.807) is 6.07 Å². The highest BCUT2D eigenvalue weighted by atomic mass is 19.3. The largest absolute Gasteiger partial charge is 0.432 e. The predicted molar refractivity (Wildman–Crippen MR) is 163 cm³/mol. The maximum atomic E-state index is 15.0. The number of hydrogen-bond donors (Lipinski definition) is 0. The molecule has 0 unspecified atom stereocenters. The first-order valence-electron chi connectivity index (χ1n) is 16.3. The normalized spacial score (nSPS) is 22.4. The van der Waals surface area contributed by atoms with Crippen molar-refractivity contribution in [2.75, 3.05) is 0 Å². The maximum Gasteiger partial charge on any atom is 0.400 e. The Morgan fingerprint density at radius 1 is 0.711 bits per heavy atom. The number of hydrogen-bond acceptors (Lipinski definition) is 2. The van der Waals surface area contributed by atoms with Crippen molar-refractivity contribution in [3.8, 4) is 16.9 Å². The van der Waals surface area contributed by atoms with Crippen molar-refractivity contribution in [3.63, 3.8) is 0 Å². The predicted octanol–water partition coefficient (Wildman–Crippen LogP) is 11.5. The zero-order valence-electron chi connectivity index (χ0n) is 25.8. The Bertz CT molecular complexity index is 1370. The Balaban J connectivity index is 1.08. The van der Waals surface area contributed by atoms with E-state index in [0.29, 0.717) is 36.5 Å². The van der Waals surface area contributed by atoms with E-state index in [9.17, 15) is 22.0 Å². The summed E-state index contributed by atoms with van der Waals surface area (Å²) < 4.78 is 94.8. The molecule has 5 rings (SSSR count). The number of halogens is 6. The molecule has 2 aliphatic carbocycles. The van der Waals surface area contributed by atoms with Gasteiger partial charge in [-0.3, -0.25) is 0 Å². The van der Waals surface area contributed by atoms with Crippen LogP contribution in [0.15, 0.2) is 54.6 Å². The molecule has 0 aromatic heterocycles. The molecule has 3 aromatic carbocycles. The number of alkyl halides is 2. The highest BCUT2D eigenvalue weighted by Crippen LogP contribution is 2.40. The molecule has 0 N–H and O–H groups in total. The molecule has 0 atom stereocenters. The summed E-state index contributed by atoms with van der Waals surface area (Å²) in [4.78, 5) is 0. The first kappa shape index (κ1) is 33.4. The maximum absolute atomic E-state index is 15.0. The van der Waals surface area contributed by atoms with E-state index in [1.165, 1.54) is 63.0 Å². The first-order chi connectivity index (χ1) is 21.6. The van der Waals surface area contributed by atoms with Crippen molar-refractivity contribution < 1.29 is 35.8 Å². The second-order valence-corrected chi connectivity index (χ2v) is 12.8. The minimum absolute atomic E-state index is 0.0164. The van der Waals surface area contributed by atoms with Crippen LogP contribution in [-0.4, -0.2) is 12.2 Å². The van der Waals surface area contributed by atoms with Gasteiger partial charge in [0.05, 0.1) is 18.6 Å². The molecule has 2 fully saturated rings. The molecule has 45 heavy (non-hydrogen) atoms. The van der Waals surface area contributed by atoms with E-state index in [4.69, 9.17) is 4.74 Å². The van der Waals surface area contributed by atoms with Crippen LogP contribution in [-0.2, 0) is 11.3 Å². The highest BCUT2D eigenvalue weighted by Gasteiger charge is 2.44. The van der Waals surface area contributed by atoms with Gasteiger partial charge in [-0.05, 0) is 86.0 Å². The van der Waals surface area contributed by atoms with E-state index < -0.39 is 35.2 Å². The molecule has 0 spiro atoms. The number of ether oxygens (including phenoxy) is 2. The van der Waals surface area contributed by atoms with Crippen LogP contribution in [0.4, 0.5) is 26.3 Å². The molecule has 2 saturated carbocycles. The lowest BCUT2D eigenvalue weighted by atomic mass is 9.77. The number of unbranched alkanes of at least 4 members (excludes halogenated alkanes) is 2. The highest BCUT2D eigenvalue weighted by molar-refractivity contribution is 5.64. The Kier molecular flexibility index (Phi) is 11.2. The molecule has 8 heteroatoms. The Morgan fingerprint density at radius 2 is 1.36 bits per heavy atom. The molecule has 244 valence electrons. The van der Waals surface area contributed by atoms with E-state index in [0.717, 1.165) is 17.0 Å². The topological polar surface area (TPSA) is 18.5 Å². The van der Waals surface area contributed by atoms with Crippen LogP contribution in [0.1, 0.15) is 101 Å². The monoisotopic (exact) mass is 632 g/mol. The van der Waals surface area contributed by atoms with Crippen LogP contribution in [0.25, 0.3) is 11.1 Å². The summed E-state index contributed by atoms with van der Waals surface area (Å²) in [5.74, 6) is -5.85. The third-order valence-corrected chi connectivity index (χ3v) is 9.67. The molecule has 0 aliphatic heterocycles. The van der Waals surface area contributed by atoms with Crippen LogP contribution in [0.5, 0.6) is 5.75 Å². The summed E-state index contributed by atoms with van der Waals surface area (Å²) >= 11 is 0. The van der Waals surface area contributed by atoms with Gasteiger partial charge >= 0.3 is 6.11 Å². The Morgan fingerprint density at radius 3 is 1.98 bits per heavy atom. The summed E-state index contributed by atoms with van der Waals surface area (Å²) in [6.45, 7) is 2.26. The van der Waals surface area contributed by atoms with Gasteiger partial charge in [0.1, 0.15) is 11.6 Å². The van der Waals surface area contributed by atoms with E-state index >= 15 is 4.39 Å². The molecule has 0 amide bonds. The van der Waals surface area contributed by atoms with Crippen molar-refractivity contribution in [2.45, 2.75) is 109 Å². The Hall–Kier alpha value is -3.00. The van der Waals surface area contributed by atoms with Crippen LogP contribution in [0.3, 0.4) is 0 Å².